The van der Waals surface area contributed by atoms with Crippen molar-refractivity contribution in [2.75, 3.05) is 48.8 Å². The number of likely N-dealkylation sites (N-methyl/N-ethyl adjacent to an activating group) is 1. The van der Waals surface area contributed by atoms with Gasteiger partial charge < -0.3 is 15.1 Å². The fourth-order valence-corrected chi connectivity index (χ4v) is 4.56. The van der Waals surface area contributed by atoms with Gasteiger partial charge in [0.2, 0.25) is 11.9 Å². The smallest absolute Gasteiger partial charge is 0.267 e. The molecule has 0 bridgehead atoms. The normalized spacial score (nSPS) is 14.4. The molecule has 1 amide bonds. The molecule has 9 nitrogen and oxygen atoms in total. The highest BCUT2D eigenvalue weighted by Crippen LogP contribution is 2.26. The van der Waals surface area contributed by atoms with Gasteiger partial charge in [-0.05, 0) is 38.9 Å². The molecule has 3 heterocycles. The lowest BCUT2D eigenvalue weighted by Crippen LogP contribution is -2.45. The predicted octanol–water partition coefficient (Wildman–Crippen LogP) is 3.56. The third-order valence-electron chi connectivity index (χ3n) is 5.64. The van der Waals surface area contributed by atoms with Gasteiger partial charge >= 0.3 is 0 Å². The van der Waals surface area contributed by atoms with Gasteiger partial charge in [-0.1, -0.05) is 36.0 Å². The SMILES string of the molecule is CCc1nc(Nc2ncc(C(=O)Nc3c(C)cc(C)cc3C)s2)nc(N2CCN(C)CC2)n1. The molecule has 174 valence electrons. The summed E-state index contributed by atoms with van der Waals surface area (Å²) in [4.78, 5) is 35.9. The van der Waals surface area contributed by atoms with Gasteiger partial charge in [0, 0.05) is 38.3 Å². The summed E-state index contributed by atoms with van der Waals surface area (Å²) in [5, 5.41) is 6.75. The number of nitrogens with zero attached hydrogens (tertiary/aromatic N) is 6. The maximum atomic E-state index is 12.8. The Balaban J connectivity index is 1.49. The standard InChI is InChI=1S/C23H30N8OS/c1-6-18-25-21(28-22(26-18)31-9-7-30(5)8-10-31)29-23-24-13-17(33-23)20(32)27-19-15(3)11-14(2)12-16(19)4/h11-13H,6-10H2,1-5H3,(H,27,32)(H,24,25,26,28,29). The number of carbonyl (C=O) groups excluding carboxylic acids is 1. The van der Waals surface area contributed by atoms with Crippen molar-refractivity contribution in [3.8, 4) is 0 Å². The Labute approximate surface area is 198 Å². The first-order valence-electron chi connectivity index (χ1n) is 11.1. The number of benzene rings is 1. The Morgan fingerprint density at radius 1 is 1.06 bits per heavy atom. The molecule has 1 saturated heterocycles. The molecular formula is C23H30N8OS. The van der Waals surface area contributed by atoms with Crippen LogP contribution in [-0.2, 0) is 6.42 Å². The summed E-state index contributed by atoms with van der Waals surface area (Å²) in [7, 11) is 2.12. The van der Waals surface area contributed by atoms with E-state index in [1.807, 2.05) is 27.7 Å². The van der Waals surface area contributed by atoms with Crippen LogP contribution in [0.2, 0.25) is 0 Å². The van der Waals surface area contributed by atoms with Crippen LogP contribution in [0.4, 0.5) is 22.7 Å². The highest BCUT2D eigenvalue weighted by molar-refractivity contribution is 7.17. The van der Waals surface area contributed by atoms with Crippen LogP contribution in [-0.4, -0.2) is 64.0 Å². The van der Waals surface area contributed by atoms with E-state index >= 15 is 0 Å². The summed E-state index contributed by atoms with van der Waals surface area (Å²) < 4.78 is 0. The Morgan fingerprint density at radius 2 is 1.76 bits per heavy atom. The van der Waals surface area contributed by atoms with E-state index in [9.17, 15) is 4.79 Å². The van der Waals surface area contributed by atoms with Gasteiger partial charge in [0.25, 0.3) is 5.91 Å². The van der Waals surface area contributed by atoms with Crippen molar-refractivity contribution in [2.24, 2.45) is 0 Å². The second-order valence-corrected chi connectivity index (χ2v) is 9.43. The molecule has 2 N–H and O–H groups in total. The van der Waals surface area contributed by atoms with Gasteiger partial charge in [-0.25, -0.2) is 4.98 Å². The van der Waals surface area contributed by atoms with Gasteiger partial charge in [-0.15, -0.1) is 0 Å². The molecule has 2 aromatic heterocycles. The van der Waals surface area contributed by atoms with Crippen LogP contribution in [0.1, 0.15) is 39.1 Å². The summed E-state index contributed by atoms with van der Waals surface area (Å²) in [6, 6.07) is 4.12. The van der Waals surface area contributed by atoms with Crippen molar-refractivity contribution < 1.29 is 4.79 Å². The van der Waals surface area contributed by atoms with Gasteiger partial charge in [0.05, 0.1) is 6.20 Å². The molecule has 0 unspecified atom stereocenters. The van der Waals surface area contributed by atoms with E-state index in [4.69, 9.17) is 0 Å². The van der Waals surface area contributed by atoms with Gasteiger partial charge in [0.15, 0.2) is 5.13 Å². The van der Waals surface area contributed by atoms with Gasteiger partial charge in [-0.2, -0.15) is 15.0 Å². The quantitative estimate of drug-likeness (QED) is 0.569. The first-order chi connectivity index (χ1) is 15.8. The van der Waals surface area contributed by atoms with Crippen LogP contribution in [0.25, 0.3) is 0 Å². The molecule has 1 aliphatic heterocycles. The summed E-state index contributed by atoms with van der Waals surface area (Å²) in [6.45, 7) is 11.8. The number of anilines is 4. The molecule has 0 spiro atoms. The lowest BCUT2D eigenvalue weighted by Gasteiger charge is -2.32. The second kappa shape index (κ2) is 9.80. The minimum atomic E-state index is -0.182. The summed E-state index contributed by atoms with van der Waals surface area (Å²) >= 11 is 1.27. The molecule has 0 radical (unpaired) electrons. The minimum absolute atomic E-state index is 0.182. The van der Waals surface area contributed by atoms with Crippen LogP contribution in [0, 0.1) is 20.8 Å². The Kier molecular flexibility index (Phi) is 6.85. The third-order valence-corrected chi connectivity index (χ3v) is 6.55. The molecule has 0 atom stereocenters. The highest BCUT2D eigenvalue weighted by Gasteiger charge is 2.19. The first-order valence-corrected chi connectivity index (χ1v) is 11.9. The number of nitrogens with one attached hydrogen (secondary N) is 2. The fraction of sp³-hybridized carbons (Fsp3) is 0.435. The van der Waals surface area contributed by atoms with Gasteiger partial charge in [0.1, 0.15) is 10.7 Å². The number of hydrogen-bond acceptors (Lipinski definition) is 9. The molecule has 4 rings (SSSR count). The molecule has 3 aromatic rings. The average Bonchev–Trinajstić information content (AvgIpc) is 3.25. The van der Waals surface area contributed by atoms with Crippen molar-refractivity contribution in [2.45, 2.75) is 34.1 Å². The predicted molar refractivity (Wildman–Crippen MR) is 133 cm³/mol. The first kappa shape index (κ1) is 23.1. The van der Waals surface area contributed by atoms with Crippen LogP contribution in [0.15, 0.2) is 18.3 Å². The molecule has 1 aliphatic rings. The van der Waals surface area contributed by atoms with E-state index in [1.54, 1.807) is 6.20 Å². The number of hydrogen-bond donors (Lipinski definition) is 2. The van der Waals surface area contributed by atoms with Crippen molar-refractivity contribution in [1.82, 2.24) is 24.8 Å². The van der Waals surface area contributed by atoms with E-state index in [2.05, 4.69) is 59.5 Å². The Morgan fingerprint density at radius 3 is 2.42 bits per heavy atom. The number of aryl methyl sites for hydroxylation is 4. The number of piperazine rings is 1. The second-order valence-electron chi connectivity index (χ2n) is 8.40. The van der Waals surface area contributed by atoms with E-state index < -0.39 is 0 Å². The molecular weight excluding hydrogens is 436 g/mol. The highest BCUT2D eigenvalue weighted by atomic mass is 32.1. The topological polar surface area (TPSA) is 99.2 Å². The zero-order valence-electron chi connectivity index (χ0n) is 19.8. The Hall–Kier alpha value is -3.11. The largest absolute Gasteiger partial charge is 0.338 e. The van der Waals surface area contributed by atoms with Crippen molar-refractivity contribution >= 4 is 40.0 Å². The van der Waals surface area contributed by atoms with Gasteiger partial charge in [-0.3, -0.25) is 10.1 Å². The lowest BCUT2D eigenvalue weighted by atomic mass is 10.1. The third kappa shape index (κ3) is 5.45. The zero-order chi connectivity index (χ0) is 23.5. The van der Waals surface area contributed by atoms with E-state index in [1.165, 1.54) is 16.9 Å². The Bertz CT molecular complexity index is 1130. The molecule has 0 saturated carbocycles. The molecule has 0 aliphatic carbocycles. The molecule has 10 heteroatoms. The summed E-state index contributed by atoms with van der Waals surface area (Å²) in [5.41, 5.74) is 4.09. The fourth-order valence-electron chi connectivity index (χ4n) is 3.85. The average molecular weight is 467 g/mol. The number of carbonyl (C=O) groups is 1. The van der Waals surface area contributed by atoms with E-state index in [-0.39, 0.29) is 5.91 Å². The molecule has 1 fully saturated rings. The van der Waals surface area contributed by atoms with Crippen molar-refractivity contribution in [1.29, 1.82) is 0 Å². The number of thiazole rings is 1. The number of amides is 1. The maximum Gasteiger partial charge on any atom is 0.267 e. The van der Waals surface area contributed by atoms with E-state index in [0.717, 1.165) is 48.8 Å². The molecule has 33 heavy (non-hydrogen) atoms. The van der Waals surface area contributed by atoms with Crippen LogP contribution in [0.5, 0.6) is 0 Å². The van der Waals surface area contributed by atoms with Crippen LogP contribution >= 0.6 is 11.3 Å². The number of rotatable bonds is 6. The lowest BCUT2D eigenvalue weighted by molar-refractivity contribution is 0.103. The van der Waals surface area contributed by atoms with Crippen LogP contribution < -0.4 is 15.5 Å². The monoisotopic (exact) mass is 466 g/mol. The maximum absolute atomic E-state index is 12.8. The van der Waals surface area contributed by atoms with E-state index in [0.29, 0.717) is 28.3 Å². The summed E-state index contributed by atoms with van der Waals surface area (Å²) in [6.07, 6.45) is 2.28. The molecule has 1 aromatic carbocycles. The summed E-state index contributed by atoms with van der Waals surface area (Å²) in [5.74, 6) is 1.67. The van der Waals surface area contributed by atoms with Crippen molar-refractivity contribution in [3.05, 3.63) is 45.7 Å². The minimum Gasteiger partial charge on any atom is -0.338 e. The number of aromatic nitrogens is 4. The van der Waals surface area contributed by atoms with Crippen molar-refractivity contribution in [3.63, 3.8) is 0 Å². The zero-order valence-corrected chi connectivity index (χ0v) is 20.6. The van der Waals surface area contributed by atoms with Crippen LogP contribution in [0.3, 0.4) is 0 Å².